The standard InChI is InChI=1S/C18H16N2O7S2/c1-10-6-7-13(14(8-10)28(22,23)24)19-20-17-15(29(25,26)27)9-12-5-3-4-11(2)16(12)18(17)21/h3-9,21H,1-2H3,(H,22,23,24)(H,25,26,27). The number of hydrogen-bond donors (Lipinski definition) is 3. The number of phenols is 1. The van der Waals surface area contributed by atoms with Crippen LogP contribution in [-0.2, 0) is 20.2 Å². The Balaban J connectivity index is 2.32. The minimum absolute atomic E-state index is 0.274. The maximum absolute atomic E-state index is 11.8. The fourth-order valence-electron chi connectivity index (χ4n) is 2.89. The second-order valence-corrected chi connectivity index (χ2v) is 9.15. The second-order valence-electron chi connectivity index (χ2n) is 6.37. The van der Waals surface area contributed by atoms with E-state index in [4.69, 9.17) is 0 Å². The highest BCUT2D eigenvalue weighted by molar-refractivity contribution is 7.86. The molecule has 0 saturated heterocycles. The Hall–Kier alpha value is -2.86. The normalized spacial score (nSPS) is 12.7. The molecule has 0 aliphatic rings. The molecule has 9 nitrogen and oxygen atoms in total. The largest absolute Gasteiger partial charge is 0.505 e. The van der Waals surface area contributed by atoms with Crippen LogP contribution in [0.4, 0.5) is 11.4 Å². The van der Waals surface area contributed by atoms with Gasteiger partial charge in [0.15, 0.2) is 5.75 Å². The van der Waals surface area contributed by atoms with Gasteiger partial charge in [-0.25, -0.2) is 0 Å². The molecule has 0 atom stereocenters. The zero-order valence-corrected chi connectivity index (χ0v) is 16.9. The molecule has 29 heavy (non-hydrogen) atoms. The summed E-state index contributed by atoms with van der Waals surface area (Å²) in [6.07, 6.45) is 0. The first kappa shape index (κ1) is 20.9. The van der Waals surface area contributed by atoms with Crippen molar-refractivity contribution in [3.8, 4) is 5.75 Å². The number of aromatic hydroxyl groups is 1. The van der Waals surface area contributed by atoms with Crippen molar-refractivity contribution in [2.45, 2.75) is 23.6 Å². The van der Waals surface area contributed by atoms with E-state index in [1.807, 2.05) is 0 Å². The Morgan fingerprint density at radius 1 is 0.828 bits per heavy atom. The van der Waals surface area contributed by atoms with Gasteiger partial charge in [0, 0.05) is 5.39 Å². The van der Waals surface area contributed by atoms with E-state index in [1.165, 1.54) is 12.1 Å². The maximum Gasteiger partial charge on any atom is 0.296 e. The van der Waals surface area contributed by atoms with Gasteiger partial charge in [0.1, 0.15) is 21.2 Å². The van der Waals surface area contributed by atoms with Gasteiger partial charge in [-0.1, -0.05) is 24.3 Å². The molecule has 0 radical (unpaired) electrons. The molecule has 11 heteroatoms. The quantitative estimate of drug-likeness (QED) is 0.411. The van der Waals surface area contributed by atoms with Gasteiger partial charge < -0.3 is 5.11 Å². The lowest BCUT2D eigenvalue weighted by Gasteiger charge is -2.10. The molecular weight excluding hydrogens is 420 g/mol. The number of aryl methyl sites for hydroxylation is 2. The van der Waals surface area contributed by atoms with Gasteiger partial charge in [0.05, 0.1) is 0 Å². The topological polar surface area (TPSA) is 154 Å². The van der Waals surface area contributed by atoms with Crippen LogP contribution in [-0.4, -0.2) is 31.0 Å². The first-order chi connectivity index (χ1) is 13.4. The molecule has 0 saturated carbocycles. The molecule has 0 spiro atoms. The first-order valence-corrected chi connectivity index (χ1v) is 11.0. The highest BCUT2D eigenvalue weighted by Crippen LogP contribution is 2.42. The van der Waals surface area contributed by atoms with Crippen molar-refractivity contribution in [3.63, 3.8) is 0 Å². The third-order valence-electron chi connectivity index (χ3n) is 4.21. The van der Waals surface area contributed by atoms with Crippen molar-refractivity contribution in [3.05, 3.63) is 53.6 Å². The molecule has 0 fully saturated rings. The summed E-state index contributed by atoms with van der Waals surface area (Å²) in [7, 11) is -9.43. The Labute approximate surface area is 166 Å². The molecule has 3 N–H and O–H groups in total. The Kier molecular flexibility index (Phi) is 5.17. The van der Waals surface area contributed by atoms with Crippen molar-refractivity contribution < 1.29 is 31.0 Å². The zero-order valence-electron chi connectivity index (χ0n) is 15.2. The summed E-state index contributed by atoms with van der Waals surface area (Å²) in [5.74, 6) is -0.544. The highest BCUT2D eigenvalue weighted by atomic mass is 32.2. The summed E-state index contributed by atoms with van der Waals surface area (Å²) in [6.45, 7) is 3.29. The molecule has 152 valence electrons. The maximum atomic E-state index is 11.8. The monoisotopic (exact) mass is 436 g/mol. The molecule has 0 heterocycles. The van der Waals surface area contributed by atoms with Gasteiger partial charge in [0.2, 0.25) is 0 Å². The smallest absolute Gasteiger partial charge is 0.296 e. The fourth-order valence-corrected chi connectivity index (χ4v) is 4.25. The number of benzene rings is 3. The van der Waals surface area contributed by atoms with Gasteiger partial charge in [-0.3, -0.25) is 9.11 Å². The van der Waals surface area contributed by atoms with Crippen molar-refractivity contribution >= 4 is 42.4 Å². The van der Waals surface area contributed by atoms with Gasteiger partial charge in [0.25, 0.3) is 20.2 Å². The van der Waals surface area contributed by atoms with Crippen LogP contribution in [0, 0.1) is 13.8 Å². The summed E-state index contributed by atoms with van der Waals surface area (Å²) < 4.78 is 65.8. The van der Waals surface area contributed by atoms with Crippen LogP contribution < -0.4 is 0 Å². The third kappa shape index (κ3) is 4.12. The van der Waals surface area contributed by atoms with Crippen molar-refractivity contribution in [1.82, 2.24) is 0 Å². The van der Waals surface area contributed by atoms with E-state index in [1.54, 1.807) is 32.0 Å². The summed E-state index contributed by atoms with van der Waals surface area (Å²) in [6, 6.07) is 9.95. The van der Waals surface area contributed by atoms with E-state index >= 15 is 0 Å². The van der Waals surface area contributed by atoms with Crippen LogP contribution in [0.15, 0.2) is 62.5 Å². The number of nitrogens with zero attached hydrogens (tertiary/aromatic N) is 2. The molecule has 3 rings (SSSR count). The molecule has 0 aliphatic carbocycles. The number of hydrogen-bond acceptors (Lipinski definition) is 7. The zero-order chi connectivity index (χ0) is 21.6. The summed E-state index contributed by atoms with van der Waals surface area (Å²) in [5.41, 5.74) is 0.312. The molecule has 0 aromatic heterocycles. The van der Waals surface area contributed by atoms with Gasteiger partial charge in [-0.05, 0) is 48.6 Å². The van der Waals surface area contributed by atoms with Crippen LogP contribution in [0.25, 0.3) is 10.8 Å². The van der Waals surface area contributed by atoms with E-state index in [9.17, 15) is 31.0 Å². The van der Waals surface area contributed by atoms with Crippen LogP contribution in [0.3, 0.4) is 0 Å². The molecule has 0 aliphatic heterocycles. The van der Waals surface area contributed by atoms with Crippen LogP contribution >= 0.6 is 0 Å². The Morgan fingerprint density at radius 2 is 1.48 bits per heavy atom. The second kappa shape index (κ2) is 7.19. The number of azo groups is 1. The third-order valence-corrected chi connectivity index (χ3v) is 5.96. The average molecular weight is 436 g/mol. The molecule has 0 bridgehead atoms. The lowest BCUT2D eigenvalue weighted by atomic mass is 10.0. The predicted octanol–water partition coefficient (Wildman–Crippen LogP) is 4.07. The summed E-state index contributed by atoms with van der Waals surface area (Å²) in [5, 5.41) is 18.7. The highest BCUT2D eigenvalue weighted by Gasteiger charge is 2.23. The van der Waals surface area contributed by atoms with E-state index in [0.29, 0.717) is 21.9 Å². The van der Waals surface area contributed by atoms with E-state index in [2.05, 4.69) is 10.2 Å². The fraction of sp³-hybridized carbons (Fsp3) is 0.111. The van der Waals surface area contributed by atoms with Crippen molar-refractivity contribution in [2.75, 3.05) is 0 Å². The molecular formula is C18H16N2O7S2. The van der Waals surface area contributed by atoms with Gasteiger partial charge in [-0.2, -0.15) is 16.8 Å². The molecule has 3 aromatic carbocycles. The average Bonchev–Trinajstić information content (AvgIpc) is 2.60. The van der Waals surface area contributed by atoms with E-state index in [-0.39, 0.29) is 5.69 Å². The molecule has 3 aromatic rings. The Morgan fingerprint density at radius 3 is 2.10 bits per heavy atom. The Bertz CT molecular complexity index is 1380. The number of fused-ring (bicyclic) bond motifs is 1. The van der Waals surface area contributed by atoms with Crippen LogP contribution in [0.2, 0.25) is 0 Å². The van der Waals surface area contributed by atoms with Crippen molar-refractivity contribution in [1.29, 1.82) is 0 Å². The first-order valence-electron chi connectivity index (χ1n) is 8.12. The van der Waals surface area contributed by atoms with Gasteiger partial charge in [-0.15, -0.1) is 10.2 Å². The van der Waals surface area contributed by atoms with E-state index in [0.717, 1.165) is 12.1 Å². The van der Waals surface area contributed by atoms with Gasteiger partial charge >= 0.3 is 0 Å². The van der Waals surface area contributed by atoms with Crippen molar-refractivity contribution in [2.24, 2.45) is 10.2 Å². The molecule has 0 amide bonds. The van der Waals surface area contributed by atoms with Crippen LogP contribution in [0.5, 0.6) is 5.75 Å². The minimum Gasteiger partial charge on any atom is -0.505 e. The predicted molar refractivity (Wildman–Crippen MR) is 105 cm³/mol. The minimum atomic E-state index is -4.79. The molecule has 0 unspecified atom stereocenters. The van der Waals surface area contributed by atoms with Crippen LogP contribution in [0.1, 0.15) is 11.1 Å². The summed E-state index contributed by atoms with van der Waals surface area (Å²) in [4.78, 5) is -1.23. The number of phenolic OH excluding ortho intramolecular Hbond substituents is 1. The summed E-state index contributed by atoms with van der Waals surface area (Å²) >= 11 is 0. The lowest BCUT2D eigenvalue weighted by Crippen LogP contribution is -2.00. The van der Waals surface area contributed by atoms with E-state index < -0.39 is 41.5 Å². The number of rotatable bonds is 4. The lowest BCUT2D eigenvalue weighted by molar-refractivity contribution is 0.471. The SMILES string of the molecule is Cc1ccc(N=Nc2c(S(=O)(=O)O)cc3cccc(C)c3c2O)c(S(=O)(=O)O)c1.